The molecule has 0 radical (unpaired) electrons. The van der Waals surface area contributed by atoms with Crippen LogP contribution in [-0.4, -0.2) is 38.1 Å². The number of thiophene rings is 1. The van der Waals surface area contributed by atoms with Crippen LogP contribution in [0.25, 0.3) is 9.53 Å². The lowest BCUT2D eigenvalue weighted by Crippen LogP contribution is -2.07. The summed E-state index contributed by atoms with van der Waals surface area (Å²) in [5, 5.41) is 0.909. The highest BCUT2D eigenvalue weighted by molar-refractivity contribution is 7.29. The summed E-state index contributed by atoms with van der Waals surface area (Å²) < 4.78 is 11.0. The van der Waals surface area contributed by atoms with Crippen molar-refractivity contribution < 1.29 is 19.1 Å². The van der Waals surface area contributed by atoms with Crippen molar-refractivity contribution in [3.8, 4) is 0 Å². The van der Waals surface area contributed by atoms with Gasteiger partial charge in [0.2, 0.25) is 0 Å². The molecule has 0 saturated heterocycles. The molecule has 0 spiro atoms. The molecule has 3 rings (SSSR count). The molecule has 0 fully saturated rings. The normalized spacial score (nSPS) is 10.7. The van der Waals surface area contributed by atoms with E-state index in [0.717, 1.165) is 20.2 Å². The molecule has 0 aliphatic rings. The summed E-state index contributed by atoms with van der Waals surface area (Å²) in [7, 11) is 5.20. The second-order valence-corrected chi connectivity index (χ2v) is 7.48. The highest BCUT2D eigenvalue weighted by Crippen LogP contribution is 2.34. The Morgan fingerprint density at radius 3 is 2.44 bits per heavy atom. The number of carbonyl (C=O) groups excluding carboxylic acids is 2. The number of hydrogen-bond acceptors (Lipinski definition) is 8. The van der Waals surface area contributed by atoms with E-state index < -0.39 is 5.97 Å². The number of rotatable bonds is 5. The Morgan fingerprint density at radius 2 is 1.84 bits per heavy atom. The standard InChI is InChI=1S/C17H16N2O4S2/c1-19(2)17-18-14-12(25-17)8-13(24-14)16(21)23-9-10-4-6-11(7-5-10)15(20)22-3/h4-8H,9H2,1-3H3. The molecule has 130 valence electrons. The van der Waals surface area contributed by atoms with Crippen molar-refractivity contribution in [1.82, 2.24) is 4.98 Å². The minimum absolute atomic E-state index is 0.141. The second kappa shape index (κ2) is 7.20. The van der Waals surface area contributed by atoms with Gasteiger partial charge in [0.15, 0.2) is 5.13 Å². The van der Waals surface area contributed by atoms with Crippen LogP contribution in [0.3, 0.4) is 0 Å². The van der Waals surface area contributed by atoms with Crippen LogP contribution in [0.15, 0.2) is 30.3 Å². The number of carbonyl (C=O) groups is 2. The first-order valence-corrected chi connectivity index (χ1v) is 9.03. The molecule has 25 heavy (non-hydrogen) atoms. The summed E-state index contributed by atoms with van der Waals surface area (Å²) in [5.74, 6) is -0.773. The lowest BCUT2D eigenvalue weighted by molar-refractivity contribution is 0.0477. The molecule has 0 aliphatic heterocycles. The van der Waals surface area contributed by atoms with Gasteiger partial charge in [0.1, 0.15) is 16.3 Å². The number of methoxy groups -OCH3 is 1. The third kappa shape index (κ3) is 3.80. The second-order valence-electron chi connectivity index (χ2n) is 5.44. The Balaban J connectivity index is 1.64. The Labute approximate surface area is 152 Å². The Bertz CT molecular complexity index is 881. The fraction of sp³-hybridized carbons (Fsp3) is 0.235. The van der Waals surface area contributed by atoms with Crippen molar-refractivity contribution in [2.24, 2.45) is 0 Å². The van der Waals surface area contributed by atoms with E-state index in [4.69, 9.17) is 4.74 Å². The van der Waals surface area contributed by atoms with Gasteiger partial charge in [-0.3, -0.25) is 0 Å². The van der Waals surface area contributed by atoms with E-state index >= 15 is 0 Å². The smallest absolute Gasteiger partial charge is 0.348 e. The molecular formula is C17H16N2O4S2. The van der Waals surface area contributed by atoms with Crippen molar-refractivity contribution >= 4 is 49.3 Å². The van der Waals surface area contributed by atoms with Gasteiger partial charge >= 0.3 is 11.9 Å². The minimum Gasteiger partial charge on any atom is -0.465 e. The Hall–Kier alpha value is -2.45. The van der Waals surface area contributed by atoms with Crippen molar-refractivity contribution in [3.63, 3.8) is 0 Å². The van der Waals surface area contributed by atoms with Gasteiger partial charge in [0.05, 0.1) is 17.4 Å². The van der Waals surface area contributed by atoms with Gasteiger partial charge in [0.25, 0.3) is 0 Å². The highest BCUT2D eigenvalue weighted by Gasteiger charge is 2.16. The number of anilines is 1. The maximum absolute atomic E-state index is 12.2. The largest absolute Gasteiger partial charge is 0.465 e. The number of nitrogens with zero attached hydrogens (tertiary/aromatic N) is 2. The first-order valence-electron chi connectivity index (χ1n) is 7.40. The molecule has 0 unspecified atom stereocenters. The molecule has 6 nitrogen and oxygen atoms in total. The van der Waals surface area contributed by atoms with E-state index in [1.165, 1.54) is 29.8 Å². The van der Waals surface area contributed by atoms with Gasteiger partial charge in [0, 0.05) is 14.1 Å². The van der Waals surface area contributed by atoms with Crippen LogP contribution in [-0.2, 0) is 16.1 Å². The summed E-state index contributed by atoms with van der Waals surface area (Å²) >= 11 is 2.86. The van der Waals surface area contributed by atoms with Gasteiger partial charge in [-0.1, -0.05) is 23.5 Å². The molecule has 0 saturated carbocycles. The fourth-order valence-electron chi connectivity index (χ4n) is 2.09. The first kappa shape index (κ1) is 17.4. The van der Waals surface area contributed by atoms with Crippen LogP contribution in [0, 0.1) is 0 Å². The first-order chi connectivity index (χ1) is 12.0. The quantitative estimate of drug-likeness (QED) is 0.634. The molecule has 0 amide bonds. The van der Waals surface area contributed by atoms with Gasteiger partial charge in [-0.05, 0) is 23.8 Å². The van der Waals surface area contributed by atoms with Crippen molar-refractivity contribution in [3.05, 3.63) is 46.3 Å². The van der Waals surface area contributed by atoms with Crippen molar-refractivity contribution in [2.45, 2.75) is 6.61 Å². The van der Waals surface area contributed by atoms with Gasteiger partial charge < -0.3 is 14.4 Å². The molecule has 0 bridgehead atoms. The minimum atomic E-state index is -0.396. The van der Waals surface area contributed by atoms with Gasteiger partial charge in [-0.2, -0.15) is 0 Å². The monoisotopic (exact) mass is 376 g/mol. The van der Waals surface area contributed by atoms with Crippen LogP contribution in [0.2, 0.25) is 0 Å². The van der Waals surface area contributed by atoms with Gasteiger partial charge in [-0.15, -0.1) is 11.3 Å². The van der Waals surface area contributed by atoms with Gasteiger partial charge in [-0.25, -0.2) is 14.6 Å². The van der Waals surface area contributed by atoms with E-state index in [2.05, 4.69) is 9.72 Å². The van der Waals surface area contributed by atoms with E-state index in [0.29, 0.717) is 10.4 Å². The predicted molar refractivity (Wildman–Crippen MR) is 98.7 cm³/mol. The zero-order chi connectivity index (χ0) is 18.0. The number of fused-ring (bicyclic) bond motifs is 1. The van der Waals surface area contributed by atoms with Crippen LogP contribution in [0.5, 0.6) is 0 Å². The summed E-state index contributed by atoms with van der Waals surface area (Å²) in [4.78, 5) is 31.4. The zero-order valence-corrected chi connectivity index (χ0v) is 15.6. The van der Waals surface area contributed by atoms with Crippen LogP contribution in [0.4, 0.5) is 5.13 Å². The maximum atomic E-state index is 12.2. The molecule has 0 N–H and O–H groups in total. The van der Waals surface area contributed by atoms with Crippen LogP contribution >= 0.6 is 22.7 Å². The predicted octanol–water partition coefficient (Wildman–Crippen LogP) is 3.57. The number of esters is 2. The number of benzene rings is 1. The average molecular weight is 376 g/mol. The third-order valence-corrected chi connectivity index (χ3v) is 5.72. The average Bonchev–Trinajstić information content (AvgIpc) is 3.18. The SMILES string of the molecule is COC(=O)c1ccc(COC(=O)c2cc3sc(N(C)C)nc3s2)cc1. The molecule has 2 aromatic heterocycles. The summed E-state index contributed by atoms with van der Waals surface area (Å²) in [5.41, 5.74) is 1.26. The molecule has 2 heterocycles. The molecule has 0 atom stereocenters. The topological polar surface area (TPSA) is 68.7 Å². The summed E-state index contributed by atoms with van der Waals surface area (Å²) in [6.45, 7) is 0.141. The number of hydrogen-bond donors (Lipinski definition) is 0. The van der Waals surface area contributed by atoms with E-state index in [9.17, 15) is 9.59 Å². The van der Waals surface area contributed by atoms with E-state index in [1.807, 2.05) is 25.1 Å². The Kier molecular flexibility index (Phi) is 5.00. The fourth-order valence-corrected chi connectivity index (χ4v) is 4.12. The van der Waals surface area contributed by atoms with E-state index in [1.54, 1.807) is 24.3 Å². The lowest BCUT2D eigenvalue weighted by Gasteiger charge is -2.05. The molecule has 8 heteroatoms. The highest BCUT2D eigenvalue weighted by atomic mass is 32.1. The number of thiazole rings is 1. The van der Waals surface area contributed by atoms with E-state index in [-0.39, 0.29) is 12.6 Å². The zero-order valence-electron chi connectivity index (χ0n) is 13.9. The van der Waals surface area contributed by atoms with Crippen molar-refractivity contribution in [1.29, 1.82) is 0 Å². The molecular weight excluding hydrogens is 360 g/mol. The van der Waals surface area contributed by atoms with Crippen LogP contribution in [0.1, 0.15) is 25.6 Å². The molecule has 3 aromatic rings. The Morgan fingerprint density at radius 1 is 1.12 bits per heavy atom. The molecule has 1 aromatic carbocycles. The van der Waals surface area contributed by atoms with Crippen molar-refractivity contribution in [2.75, 3.05) is 26.1 Å². The summed E-state index contributed by atoms with van der Waals surface area (Å²) in [6, 6.07) is 8.56. The number of aromatic nitrogens is 1. The lowest BCUT2D eigenvalue weighted by atomic mass is 10.1. The third-order valence-electron chi connectivity index (χ3n) is 3.41. The number of ether oxygens (including phenoxy) is 2. The molecule has 0 aliphatic carbocycles. The van der Waals surface area contributed by atoms with Crippen LogP contribution < -0.4 is 4.90 Å². The maximum Gasteiger partial charge on any atom is 0.348 e. The summed E-state index contributed by atoms with van der Waals surface area (Å²) in [6.07, 6.45) is 0.